The van der Waals surface area contributed by atoms with Crippen molar-refractivity contribution in [1.29, 1.82) is 0 Å². The van der Waals surface area contributed by atoms with Gasteiger partial charge >= 0.3 is 0 Å². The Hall–Kier alpha value is -0.160. The highest BCUT2D eigenvalue weighted by Gasteiger charge is 2.17. The van der Waals surface area contributed by atoms with Gasteiger partial charge in [-0.3, -0.25) is 0 Å². The monoisotopic (exact) mass is 275 g/mol. The van der Waals surface area contributed by atoms with E-state index in [0.717, 1.165) is 26.1 Å². The molecule has 0 aliphatic carbocycles. The van der Waals surface area contributed by atoms with Crippen LogP contribution in [0.4, 0.5) is 0 Å². The first-order valence-corrected chi connectivity index (χ1v) is 7.33. The molecule has 0 amide bonds. The summed E-state index contributed by atoms with van der Waals surface area (Å²) in [6.07, 6.45) is 1.07. The Morgan fingerprint density at radius 2 is 1.53 bits per heavy atom. The molecule has 0 aliphatic rings. The van der Waals surface area contributed by atoms with Crippen LogP contribution >= 0.6 is 0 Å². The van der Waals surface area contributed by atoms with Crippen LogP contribution < -0.4 is 5.32 Å². The van der Waals surface area contributed by atoms with Gasteiger partial charge in [0.05, 0.1) is 26.4 Å². The lowest BCUT2D eigenvalue weighted by atomic mass is 9.89. The predicted octanol–water partition coefficient (Wildman–Crippen LogP) is 2.33. The van der Waals surface area contributed by atoms with E-state index in [0.29, 0.717) is 32.3 Å². The van der Waals surface area contributed by atoms with Crippen molar-refractivity contribution in [1.82, 2.24) is 5.32 Å². The van der Waals surface area contributed by atoms with E-state index in [1.807, 2.05) is 0 Å². The highest BCUT2D eigenvalue weighted by molar-refractivity contribution is 4.71. The van der Waals surface area contributed by atoms with Crippen LogP contribution in [0.15, 0.2) is 0 Å². The number of methoxy groups -OCH3 is 1. The van der Waals surface area contributed by atoms with Crippen LogP contribution in [0.1, 0.15) is 34.1 Å². The van der Waals surface area contributed by atoms with Gasteiger partial charge < -0.3 is 19.5 Å². The molecule has 0 fully saturated rings. The lowest BCUT2D eigenvalue weighted by Gasteiger charge is -2.25. The van der Waals surface area contributed by atoms with Gasteiger partial charge in [-0.15, -0.1) is 0 Å². The van der Waals surface area contributed by atoms with Gasteiger partial charge in [-0.05, 0) is 24.3 Å². The summed E-state index contributed by atoms with van der Waals surface area (Å²) >= 11 is 0. The van der Waals surface area contributed by atoms with Gasteiger partial charge in [0.1, 0.15) is 0 Å². The Kier molecular flexibility index (Phi) is 11.6. The van der Waals surface area contributed by atoms with Crippen LogP contribution in [0.25, 0.3) is 0 Å². The number of hydrogen-bond acceptors (Lipinski definition) is 4. The first kappa shape index (κ1) is 18.8. The predicted molar refractivity (Wildman–Crippen MR) is 79.6 cm³/mol. The van der Waals surface area contributed by atoms with E-state index in [-0.39, 0.29) is 5.41 Å². The summed E-state index contributed by atoms with van der Waals surface area (Å²) in [6.45, 7) is 14.5. The lowest BCUT2D eigenvalue weighted by molar-refractivity contribution is 0.0185. The van der Waals surface area contributed by atoms with Gasteiger partial charge in [0, 0.05) is 20.3 Å². The first-order valence-electron chi connectivity index (χ1n) is 7.33. The summed E-state index contributed by atoms with van der Waals surface area (Å²) < 4.78 is 15.8. The minimum absolute atomic E-state index is 0.284. The Balaban J connectivity index is 3.37. The van der Waals surface area contributed by atoms with Crippen molar-refractivity contribution in [3.05, 3.63) is 0 Å². The summed E-state index contributed by atoms with van der Waals surface area (Å²) in [5.41, 5.74) is 0.284. The second kappa shape index (κ2) is 11.6. The molecule has 4 heteroatoms. The molecule has 0 aromatic heterocycles. The van der Waals surface area contributed by atoms with E-state index in [9.17, 15) is 0 Å². The molecule has 19 heavy (non-hydrogen) atoms. The van der Waals surface area contributed by atoms with Crippen LogP contribution in [-0.4, -0.2) is 53.2 Å². The summed E-state index contributed by atoms with van der Waals surface area (Å²) in [7, 11) is 1.68. The average Bonchev–Trinajstić information content (AvgIpc) is 2.31. The Morgan fingerprint density at radius 1 is 0.947 bits per heavy atom. The van der Waals surface area contributed by atoms with Crippen molar-refractivity contribution >= 4 is 0 Å². The fraction of sp³-hybridized carbons (Fsp3) is 1.00. The molecule has 4 nitrogen and oxygen atoms in total. The third kappa shape index (κ3) is 14.1. The fourth-order valence-electron chi connectivity index (χ4n) is 1.60. The van der Waals surface area contributed by atoms with Crippen molar-refractivity contribution in [2.75, 3.05) is 53.2 Å². The summed E-state index contributed by atoms with van der Waals surface area (Å²) in [6, 6.07) is 0. The highest BCUT2D eigenvalue weighted by atomic mass is 16.5. The molecule has 0 aromatic rings. The molecule has 0 saturated heterocycles. The van der Waals surface area contributed by atoms with Crippen molar-refractivity contribution in [2.45, 2.75) is 34.1 Å². The maximum absolute atomic E-state index is 5.58. The molecule has 1 N–H and O–H groups in total. The smallest absolute Gasteiger partial charge is 0.0701 e. The molecule has 0 unspecified atom stereocenters. The molecular formula is C15H33NO3. The van der Waals surface area contributed by atoms with E-state index in [1.54, 1.807) is 7.11 Å². The van der Waals surface area contributed by atoms with Crippen molar-refractivity contribution in [3.63, 3.8) is 0 Å². The normalized spacial score (nSPS) is 12.3. The fourth-order valence-corrected chi connectivity index (χ4v) is 1.60. The van der Waals surface area contributed by atoms with E-state index in [1.165, 1.54) is 0 Å². The zero-order valence-electron chi connectivity index (χ0n) is 13.5. The van der Waals surface area contributed by atoms with Crippen LogP contribution in [0.2, 0.25) is 0 Å². The van der Waals surface area contributed by atoms with Crippen LogP contribution in [-0.2, 0) is 14.2 Å². The Morgan fingerprint density at radius 3 is 2.11 bits per heavy atom. The largest absolute Gasteiger partial charge is 0.382 e. The van der Waals surface area contributed by atoms with Crippen LogP contribution in [0.5, 0.6) is 0 Å². The van der Waals surface area contributed by atoms with Crippen molar-refractivity contribution in [2.24, 2.45) is 11.3 Å². The molecule has 0 saturated carbocycles. The number of ether oxygens (including phenoxy) is 3. The van der Waals surface area contributed by atoms with Crippen molar-refractivity contribution in [3.8, 4) is 0 Å². The van der Waals surface area contributed by atoms with Crippen LogP contribution in [0, 0.1) is 11.3 Å². The van der Waals surface area contributed by atoms with E-state index in [2.05, 4.69) is 33.0 Å². The van der Waals surface area contributed by atoms with E-state index in [4.69, 9.17) is 14.2 Å². The third-order valence-corrected chi connectivity index (χ3v) is 2.88. The number of rotatable bonds is 13. The molecule has 0 bridgehead atoms. The highest BCUT2D eigenvalue weighted by Crippen LogP contribution is 2.18. The van der Waals surface area contributed by atoms with Gasteiger partial charge in [-0.25, -0.2) is 0 Å². The van der Waals surface area contributed by atoms with Gasteiger partial charge in [0.25, 0.3) is 0 Å². The summed E-state index contributed by atoms with van der Waals surface area (Å²) in [5.74, 6) is 0.705. The molecule has 116 valence electrons. The van der Waals surface area contributed by atoms with Gasteiger partial charge in [0.2, 0.25) is 0 Å². The van der Waals surface area contributed by atoms with Gasteiger partial charge in [-0.2, -0.15) is 0 Å². The molecule has 0 radical (unpaired) electrons. The summed E-state index contributed by atoms with van der Waals surface area (Å²) in [5, 5.41) is 3.51. The standard InChI is InChI=1S/C15H33NO3/c1-14(2)12-16-13-15(3,4)6-7-18-10-11-19-9-8-17-5/h14,16H,6-13H2,1-5H3. The van der Waals surface area contributed by atoms with E-state index >= 15 is 0 Å². The zero-order chi connectivity index (χ0) is 14.6. The molecule has 0 rings (SSSR count). The topological polar surface area (TPSA) is 39.7 Å². The Bertz CT molecular complexity index is 196. The number of nitrogens with one attached hydrogen (secondary N) is 1. The van der Waals surface area contributed by atoms with Crippen LogP contribution in [0.3, 0.4) is 0 Å². The minimum Gasteiger partial charge on any atom is -0.382 e. The average molecular weight is 275 g/mol. The lowest BCUT2D eigenvalue weighted by Crippen LogP contribution is -2.32. The maximum atomic E-state index is 5.58. The molecule has 0 aliphatic heterocycles. The molecule has 0 heterocycles. The minimum atomic E-state index is 0.284. The number of hydrogen-bond donors (Lipinski definition) is 1. The van der Waals surface area contributed by atoms with Crippen molar-refractivity contribution < 1.29 is 14.2 Å². The quantitative estimate of drug-likeness (QED) is 0.524. The molecule has 0 atom stereocenters. The van der Waals surface area contributed by atoms with Gasteiger partial charge in [0.15, 0.2) is 0 Å². The molecular weight excluding hydrogens is 242 g/mol. The molecule has 0 spiro atoms. The second-order valence-corrected chi connectivity index (χ2v) is 6.16. The molecule has 0 aromatic carbocycles. The SMILES string of the molecule is COCCOCCOCCC(C)(C)CNCC(C)C. The summed E-state index contributed by atoms with van der Waals surface area (Å²) in [4.78, 5) is 0. The third-order valence-electron chi connectivity index (χ3n) is 2.88. The zero-order valence-corrected chi connectivity index (χ0v) is 13.5. The second-order valence-electron chi connectivity index (χ2n) is 6.16. The maximum Gasteiger partial charge on any atom is 0.0701 e. The first-order chi connectivity index (χ1) is 8.98. The Labute approximate surface area is 119 Å². The van der Waals surface area contributed by atoms with E-state index < -0.39 is 0 Å². The van der Waals surface area contributed by atoms with Gasteiger partial charge in [-0.1, -0.05) is 27.7 Å².